The number of fused-ring (bicyclic) bond motifs is 1. The summed E-state index contributed by atoms with van der Waals surface area (Å²) in [5.41, 5.74) is 2.35. The number of aryl methyl sites for hydroxylation is 1. The van der Waals surface area contributed by atoms with Crippen LogP contribution in [0.3, 0.4) is 0 Å². The van der Waals surface area contributed by atoms with Gasteiger partial charge in [-0.3, -0.25) is 9.89 Å². The van der Waals surface area contributed by atoms with Crippen molar-refractivity contribution in [1.82, 2.24) is 15.2 Å². The predicted molar refractivity (Wildman–Crippen MR) is 129 cm³/mol. The van der Waals surface area contributed by atoms with Gasteiger partial charge in [0.05, 0.1) is 30.1 Å². The molecule has 1 aromatic carbocycles. The first-order valence-electron chi connectivity index (χ1n) is 11.0. The molecule has 2 heterocycles. The molecule has 2 N–H and O–H groups in total. The first-order chi connectivity index (χ1) is 16.1. The van der Waals surface area contributed by atoms with Gasteiger partial charge in [-0.1, -0.05) is 23.9 Å². The van der Waals surface area contributed by atoms with Crippen molar-refractivity contribution >= 4 is 40.0 Å². The van der Waals surface area contributed by atoms with Crippen molar-refractivity contribution in [3.8, 4) is 17.1 Å². The summed E-state index contributed by atoms with van der Waals surface area (Å²) < 4.78 is 10.9. The minimum atomic E-state index is -0.369. The zero-order valence-corrected chi connectivity index (χ0v) is 20.2. The Morgan fingerprint density at radius 1 is 1.18 bits per heavy atom. The number of thioether (sulfide) groups is 1. The van der Waals surface area contributed by atoms with Gasteiger partial charge in [-0.15, -0.1) is 16.4 Å². The van der Waals surface area contributed by atoms with E-state index >= 15 is 0 Å². The molecule has 8 nitrogen and oxygen atoms in total. The number of carbonyl (C=O) groups excluding carboxylic acids is 2. The molecule has 0 saturated carbocycles. The van der Waals surface area contributed by atoms with E-state index in [2.05, 4.69) is 20.5 Å². The Labute approximate surface area is 200 Å². The lowest BCUT2D eigenvalue weighted by molar-refractivity contribution is -0.113. The maximum absolute atomic E-state index is 12.7. The smallest absolute Gasteiger partial charge is 0.341 e. The van der Waals surface area contributed by atoms with Crippen LogP contribution in [0.15, 0.2) is 29.4 Å². The Hall–Kier alpha value is -2.85. The highest BCUT2D eigenvalue weighted by Crippen LogP contribution is 2.38. The quantitative estimate of drug-likeness (QED) is 0.333. The van der Waals surface area contributed by atoms with Crippen LogP contribution in [0.25, 0.3) is 11.4 Å². The van der Waals surface area contributed by atoms with E-state index in [1.54, 1.807) is 6.92 Å². The molecule has 4 rings (SSSR count). The molecular formula is C23H26N4O4S2. The van der Waals surface area contributed by atoms with Gasteiger partial charge in [0.1, 0.15) is 10.8 Å². The number of anilines is 1. The molecule has 0 spiro atoms. The summed E-state index contributed by atoms with van der Waals surface area (Å²) in [5.74, 6) is 0.836. The molecule has 3 aromatic rings. The summed E-state index contributed by atoms with van der Waals surface area (Å²) in [5, 5.41) is 11.1. The lowest BCUT2D eigenvalue weighted by Crippen LogP contribution is -2.17. The van der Waals surface area contributed by atoms with Gasteiger partial charge >= 0.3 is 5.97 Å². The van der Waals surface area contributed by atoms with Crippen LogP contribution in [0.5, 0.6) is 5.75 Å². The van der Waals surface area contributed by atoms with Crippen LogP contribution in [0.4, 0.5) is 5.00 Å². The van der Waals surface area contributed by atoms with Crippen molar-refractivity contribution < 1.29 is 19.1 Å². The molecule has 1 amide bonds. The SMILES string of the molecule is CCOC(=O)c1c(NC(=O)CSc2n[nH]c(-c3ccccc3OCC)n2)sc2c1CCCC2. The van der Waals surface area contributed by atoms with Crippen LogP contribution in [0, 0.1) is 0 Å². The number of esters is 1. The molecule has 33 heavy (non-hydrogen) atoms. The van der Waals surface area contributed by atoms with E-state index < -0.39 is 0 Å². The maximum atomic E-state index is 12.7. The standard InChI is InChI=1S/C23H26N4O4S2/c1-3-30-16-11-7-5-9-14(16)20-25-23(27-26-20)32-13-18(28)24-21-19(22(29)31-4-2)15-10-6-8-12-17(15)33-21/h5,7,9,11H,3-4,6,8,10,12-13H2,1-2H3,(H,24,28)(H,25,26,27). The van der Waals surface area contributed by atoms with Crippen LogP contribution in [0.2, 0.25) is 0 Å². The van der Waals surface area contributed by atoms with Gasteiger partial charge in [0, 0.05) is 4.88 Å². The minimum absolute atomic E-state index is 0.120. The van der Waals surface area contributed by atoms with Crippen LogP contribution in [-0.2, 0) is 22.4 Å². The van der Waals surface area contributed by atoms with Crippen LogP contribution in [0.1, 0.15) is 47.5 Å². The number of thiophene rings is 1. The third-order valence-corrected chi connectivity index (χ3v) is 7.20. The molecule has 10 heteroatoms. The average Bonchev–Trinajstić information content (AvgIpc) is 3.43. The maximum Gasteiger partial charge on any atom is 0.341 e. The molecule has 0 radical (unpaired) electrons. The number of hydrogen-bond acceptors (Lipinski definition) is 8. The number of hydrogen-bond donors (Lipinski definition) is 2. The van der Waals surface area contributed by atoms with Gasteiger partial charge in [-0.2, -0.15) is 0 Å². The van der Waals surface area contributed by atoms with Gasteiger partial charge < -0.3 is 14.8 Å². The molecule has 0 atom stereocenters. The number of aromatic nitrogens is 3. The first-order valence-corrected chi connectivity index (χ1v) is 12.8. The highest BCUT2D eigenvalue weighted by atomic mass is 32.2. The summed E-state index contributed by atoms with van der Waals surface area (Å²) in [6.45, 7) is 4.55. The normalized spacial score (nSPS) is 12.8. The number of rotatable bonds is 9. The fourth-order valence-corrected chi connectivity index (χ4v) is 5.63. The monoisotopic (exact) mass is 486 g/mol. The summed E-state index contributed by atoms with van der Waals surface area (Å²) in [6, 6.07) is 7.59. The number of carbonyl (C=O) groups is 2. The molecule has 0 unspecified atom stereocenters. The number of amides is 1. The van der Waals surface area contributed by atoms with Crippen molar-refractivity contribution in [3.05, 3.63) is 40.3 Å². The van der Waals surface area contributed by atoms with E-state index in [1.165, 1.54) is 28.0 Å². The number of nitrogens with zero attached hydrogens (tertiary/aromatic N) is 2. The lowest BCUT2D eigenvalue weighted by Gasteiger charge is -2.12. The van der Waals surface area contributed by atoms with Crippen molar-refractivity contribution in [1.29, 1.82) is 0 Å². The first kappa shape index (κ1) is 23.3. The second-order valence-electron chi connectivity index (χ2n) is 7.37. The van der Waals surface area contributed by atoms with E-state index in [9.17, 15) is 9.59 Å². The summed E-state index contributed by atoms with van der Waals surface area (Å²) in [4.78, 5) is 30.9. The van der Waals surface area contributed by atoms with Gasteiger partial charge in [0.15, 0.2) is 5.82 Å². The van der Waals surface area contributed by atoms with Crippen molar-refractivity contribution in [2.75, 3.05) is 24.3 Å². The van der Waals surface area contributed by atoms with Gasteiger partial charge in [-0.05, 0) is 57.2 Å². The Morgan fingerprint density at radius 3 is 2.82 bits per heavy atom. The Kier molecular flexibility index (Phi) is 7.66. The third kappa shape index (κ3) is 5.39. The Morgan fingerprint density at radius 2 is 2.00 bits per heavy atom. The molecular weight excluding hydrogens is 460 g/mol. The number of ether oxygens (including phenoxy) is 2. The van der Waals surface area contributed by atoms with Crippen molar-refractivity contribution in [2.45, 2.75) is 44.7 Å². The molecule has 174 valence electrons. The summed E-state index contributed by atoms with van der Waals surface area (Å²) >= 11 is 2.70. The van der Waals surface area contributed by atoms with E-state index in [0.717, 1.165) is 42.6 Å². The zero-order valence-electron chi connectivity index (χ0n) is 18.6. The topological polar surface area (TPSA) is 106 Å². The Balaban J connectivity index is 1.43. The van der Waals surface area contributed by atoms with Gasteiger partial charge in [-0.25, -0.2) is 9.78 Å². The van der Waals surface area contributed by atoms with Gasteiger partial charge in [0.25, 0.3) is 0 Å². The second-order valence-corrected chi connectivity index (χ2v) is 9.42. The largest absolute Gasteiger partial charge is 0.493 e. The minimum Gasteiger partial charge on any atom is -0.493 e. The number of benzene rings is 1. The number of nitrogens with one attached hydrogen (secondary N) is 2. The van der Waals surface area contributed by atoms with Crippen molar-refractivity contribution in [2.24, 2.45) is 0 Å². The van der Waals surface area contributed by atoms with Crippen LogP contribution in [-0.4, -0.2) is 46.0 Å². The van der Waals surface area contributed by atoms with E-state index in [-0.39, 0.29) is 17.6 Å². The van der Waals surface area contributed by atoms with E-state index in [4.69, 9.17) is 9.47 Å². The summed E-state index contributed by atoms with van der Waals surface area (Å²) in [6.07, 6.45) is 3.91. The molecule has 0 bridgehead atoms. The zero-order chi connectivity index (χ0) is 23.2. The fraction of sp³-hybridized carbons (Fsp3) is 0.391. The van der Waals surface area contributed by atoms with E-state index in [0.29, 0.717) is 34.8 Å². The molecule has 1 aliphatic rings. The van der Waals surface area contributed by atoms with E-state index in [1.807, 2.05) is 31.2 Å². The Bertz CT molecular complexity index is 1140. The fourth-order valence-electron chi connectivity index (χ4n) is 3.74. The van der Waals surface area contributed by atoms with Gasteiger partial charge in [0.2, 0.25) is 11.1 Å². The average molecular weight is 487 g/mol. The molecule has 0 saturated heterocycles. The van der Waals surface area contributed by atoms with Crippen molar-refractivity contribution in [3.63, 3.8) is 0 Å². The molecule has 0 fully saturated rings. The number of aromatic amines is 1. The van der Waals surface area contributed by atoms with Crippen LogP contribution >= 0.6 is 23.1 Å². The number of H-pyrrole nitrogens is 1. The highest BCUT2D eigenvalue weighted by Gasteiger charge is 2.27. The molecule has 0 aliphatic heterocycles. The lowest BCUT2D eigenvalue weighted by atomic mass is 9.95. The number of para-hydroxylation sites is 1. The third-order valence-electron chi connectivity index (χ3n) is 5.14. The summed E-state index contributed by atoms with van der Waals surface area (Å²) in [7, 11) is 0. The van der Waals surface area contributed by atoms with Crippen LogP contribution < -0.4 is 10.1 Å². The molecule has 1 aliphatic carbocycles. The second kappa shape index (κ2) is 10.8. The highest BCUT2D eigenvalue weighted by molar-refractivity contribution is 7.99. The predicted octanol–water partition coefficient (Wildman–Crippen LogP) is 4.72. The molecule has 2 aromatic heterocycles.